The molecule has 1 aliphatic carbocycles. The monoisotopic (exact) mass is 247 g/mol. The first-order valence-electron chi connectivity index (χ1n) is 6.55. The molecule has 1 rings (SSSR count). The standard InChI is InChI=1S/C12H25NO2S/c1-2-16(14,15)10-6-9-13-11-12-7-4-3-5-8-12/h12-13H,2-11H2,1H3. The third-order valence-corrected chi connectivity index (χ3v) is 5.20. The molecule has 1 saturated carbocycles. The van der Waals surface area contributed by atoms with Gasteiger partial charge >= 0.3 is 0 Å². The molecular formula is C12H25NO2S. The van der Waals surface area contributed by atoms with E-state index in [1.165, 1.54) is 32.1 Å². The predicted octanol–water partition coefficient (Wildman–Crippen LogP) is 1.98. The number of hydrogen-bond donors (Lipinski definition) is 1. The molecular weight excluding hydrogens is 222 g/mol. The van der Waals surface area contributed by atoms with Crippen molar-refractivity contribution in [2.45, 2.75) is 45.4 Å². The Hall–Kier alpha value is -0.0900. The summed E-state index contributed by atoms with van der Waals surface area (Å²) in [5.41, 5.74) is 0. The molecule has 0 unspecified atom stereocenters. The van der Waals surface area contributed by atoms with Gasteiger partial charge in [0.15, 0.2) is 0 Å². The summed E-state index contributed by atoms with van der Waals surface area (Å²) in [6, 6.07) is 0. The van der Waals surface area contributed by atoms with Crippen LogP contribution >= 0.6 is 0 Å². The van der Waals surface area contributed by atoms with Gasteiger partial charge in [0.25, 0.3) is 0 Å². The van der Waals surface area contributed by atoms with Crippen molar-refractivity contribution in [2.24, 2.45) is 5.92 Å². The van der Waals surface area contributed by atoms with E-state index in [0.717, 1.165) is 25.4 Å². The smallest absolute Gasteiger partial charge is 0.150 e. The molecule has 3 nitrogen and oxygen atoms in total. The molecule has 0 aliphatic heterocycles. The van der Waals surface area contributed by atoms with E-state index in [1.807, 2.05) is 0 Å². The van der Waals surface area contributed by atoms with Crippen molar-refractivity contribution in [1.82, 2.24) is 5.32 Å². The van der Waals surface area contributed by atoms with Gasteiger partial charge in [0.05, 0.1) is 5.75 Å². The highest BCUT2D eigenvalue weighted by molar-refractivity contribution is 7.91. The summed E-state index contributed by atoms with van der Waals surface area (Å²) in [4.78, 5) is 0. The van der Waals surface area contributed by atoms with Crippen LogP contribution < -0.4 is 5.32 Å². The summed E-state index contributed by atoms with van der Waals surface area (Å²) in [6.45, 7) is 3.63. The molecule has 1 N–H and O–H groups in total. The van der Waals surface area contributed by atoms with Gasteiger partial charge in [-0.1, -0.05) is 26.2 Å². The van der Waals surface area contributed by atoms with Gasteiger partial charge in [-0.2, -0.15) is 0 Å². The third kappa shape index (κ3) is 5.85. The first-order chi connectivity index (χ1) is 7.64. The molecule has 0 amide bonds. The second kappa shape index (κ2) is 7.28. The maximum absolute atomic E-state index is 11.2. The Labute approximate surface area is 99.9 Å². The summed E-state index contributed by atoms with van der Waals surface area (Å²) < 4.78 is 22.5. The zero-order valence-electron chi connectivity index (χ0n) is 10.4. The van der Waals surface area contributed by atoms with Crippen LogP contribution in [0, 0.1) is 5.92 Å². The average Bonchev–Trinajstić information content (AvgIpc) is 2.30. The van der Waals surface area contributed by atoms with Crippen LogP contribution in [0.25, 0.3) is 0 Å². The SMILES string of the molecule is CCS(=O)(=O)CCCNCC1CCCCC1. The van der Waals surface area contributed by atoms with Gasteiger partial charge in [0.2, 0.25) is 0 Å². The molecule has 0 aromatic carbocycles. The molecule has 4 heteroatoms. The topological polar surface area (TPSA) is 46.2 Å². The van der Waals surface area contributed by atoms with Crippen molar-refractivity contribution in [2.75, 3.05) is 24.6 Å². The molecule has 1 aliphatic rings. The number of nitrogens with one attached hydrogen (secondary N) is 1. The lowest BCUT2D eigenvalue weighted by molar-refractivity contribution is 0.343. The van der Waals surface area contributed by atoms with Crippen molar-refractivity contribution >= 4 is 9.84 Å². The lowest BCUT2D eigenvalue weighted by Gasteiger charge is -2.21. The third-order valence-electron chi connectivity index (χ3n) is 3.41. The van der Waals surface area contributed by atoms with E-state index in [-0.39, 0.29) is 5.75 Å². The Kier molecular flexibility index (Phi) is 6.36. The van der Waals surface area contributed by atoms with Crippen molar-refractivity contribution in [1.29, 1.82) is 0 Å². The highest BCUT2D eigenvalue weighted by atomic mass is 32.2. The molecule has 0 spiro atoms. The van der Waals surface area contributed by atoms with Gasteiger partial charge in [-0.05, 0) is 38.3 Å². The average molecular weight is 247 g/mol. The molecule has 0 aromatic heterocycles. The van der Waals surface area contributed by atoms with Crippen LogP contribution in [0.5, 0.6) is 0 Å². The minimum Gasteiger partial charge on any atom is -0.316 e. The van der Waals surface area contributed by atoms with E-state index in [2.05, 4.69) is 5.32 Å². The zero-order chi connectivity index (χ0) is 11.9. The second-order valence-corrected chi connectivity index (χ2v) is 7.27. The van der Waals surface area contributed by atoms with E-state index in [4.69, 9.17) is 0 Å². The fourth-order valence-electron chi connectivity index (χ4n) is 2.26. The number of sulfone groups is 1. The minimum atomic E-state index is -2.76. The number of rotatable bonds is 7. The zero-order valence-corrected chi connectivity index (χ0v) is 11.2. The normalized spacial score (nSPS) is 18.8. The van der Waals surface area contributed by atoms with Crippen molar-refractivity contribution in [3.63, 3.8) is 0 Å². The highest BCUT2D eigenvalue weighted by Gasteiger charge is 2.12. The van der Waals surface area contributed by atoms with E-state index in [0.29, 0.717) is 5.75 Å². The Bertz CT molecular complexity index is 269. The highest BCUT2D eigenvalue weighted by Crippen LogP contribution is 2.22. The van der Waals surface area contributed by atoms with E-state index < -0.39 is 9.84 Å². The molecule has 0 atom stereocenters. The fourth-order valence-corrected chi connectivity index (χ4v) is 3.13. The summed E-state index contributed by atoms with van der Waals surface area (Å²) in [5, 5.41) is 3.39. The van der Waals surface area contributed by atoms with Crippen molar-refractivity contribution in [3.05, 3.63) is 0 Å². The van der Waals surface area contributed by atoms with Crippen LogP contribution in [0.2, 0.25) is 0 Å². The molecule has 0 aromatic rings. The Morgan fingerprint density at radius 2 is 1.88 bits per heavy atom. The van der Waals surface area contributed by atoms with Gasteiger partial charge in [-0.25, -0.2) is 8.42 Å². The Morgan fingerprint density at radius 1 is 1.19 bits per heavy atom. The van der Waals surface area contributed by atoms with E-state index in [1.54, 1.807) is 6.92 Å². The quantitative estimate of drug-likeness (QED) is 0.700. The van der Waals surface area contributed by atoms with Gasteiger partial charge in [0.1, 0.15) is 9.84 Å². The van der Waals surface area contributed by atoms with Crippen LogP contribution in [0.4, 0.5) is 0 Å². The van der Waals surface area contributed by atoms with Gasteiger partial charge in [-0.3, -0.25) is 0 Å². The second-order valence-electron chi connectivity index (χ2n) is 4.80. The minimum absolute atomic E-state index is 0.273. The Morgan fingerprint density at radius 3 is 2.50 bits per heavy atom. The van der Waals surface area contributed by atoms with E-state index >= 15 is 0 Å². The van der Waals surface area contributed by atoms with Crippen LogP contribution in [-0.2, 0) is 9.84 Å². The number of hydrogen-bond acceptors (Lipinski definition) is 3. The molecule has 0 radical (unpaired) electrons. The summed E-state index contributed by atoms with van der Waals surface area (Å²) in [7, 11) is -2.76. The van der Waals surface area contributed by atoms with Crippen LogP contribution in [0.3, 0.4) is 0 Å². The summed E-state index contributed by atoms with van der Waals surface area (Å²) in [5.74, 6) is 1.44. The van der Waals surface area contributed by atoms with Crippen LogP contribution in [0.15, 0.2) is 0 Å². The van der Waals surface area contributed by atoms with Crippen molar-refractivity contribution in [3.8, 4) is 0 Å². The fraction of sp³-hybridized carbons (Fsp3) is 1.00. The lowest BCUT2D eigenvalue weighted by Crippen LogP contribution is -2.26. The predicted molar refractivity (Wildman–Crippen MR) is 68.4 cm³/mol. The molecule has 16 heavy (non-hydrogen) atoms. The maximum atomic E-state index is 11.2. The van der Waals surface area contributed by atoms with Gasteiger partial charge in [-0.15, -0.1) is 0 Å². The largest absolute Gasteiger partial charge is 0.316 e. The molecule has 0 saturated heterocycles. The van der Waals surface area contributed by atoms with Crippen molar-refractivity contribution < 1.29 is 8.42 Å². The summed E-state index contributed by atoms with van der Waals surface area (Å²) >= 11 is 0. The molecule has 96 valence electrons. The van der Waals surface area contributed by atoms with Crippen LogP contribution in [-0.4, -0.2) is 33.0 Å². The van der Waals surface area contributed by atoms with Gasteiger partial charge < -0.3 is 5.32 Å². The molecule has 0 heterocycles. The molecule has 1 fully saturated rings. The van der Waals surface area contributed by atoms with Gasteiger partial charge in [0, 0.05) is 5.75 Å². The van der Waals surface area contributed by atoms with Crippen LogP contribution in [0.1, 0.15) is 45.4 Å². The Balaban J connectivity index is 1.99. The first-order valence-corrected chi connectivity index (χ1v) is 8.37. The first kappa shape index (κ1) is 14.0. The maximum Gasteiger partial charge on any atom is 0.150 e. The lowest BCUT2D eigenvalue weighted by atomic mass is 9.89. The summed E-state index contributed by atoms with van der Waals surface area (Å²) in [6.07, 6.45) is 7.59. The van der Waals surface area contributed by atoms with E-state index in [9.17, 15) is 8.42 Å². The molecule has 0 bridgehead atoms.